The maximum atomic E-state index is 11.6. The lowest BCUT2D eigenvalue weighted by molar-refractivity contribution is -0.131. The van der Waals surface area contributed by atoms with Gasteiger partial charge in [0.25, 0.3) is 0 Å². The van der Waals surface area contributed by atoms with Crippen LogP contribution >= 0.6 is 0 Å². The minimum absolute atomic E-state index is 0.365. The van der Waals surface area contributed by atoms with E-state index in [0.717, 1.165) is 60.1 Å². The minimum atomic E-state index is -0.856. The van der Waals surface area contributed by atoms with Gasteiger partial charge in [0.15, 0.2) is 0 Å². The zero-order valence-electron chi connectivity index (χ0n) is 16.8. The summed E-state index contributed by atoms with van der Waals surface area (Å²) in [7, 11) is 1.63. The van der Waals surface area contributed by atoms with Crippen molar-refractivity contribution in [3.05, 3.63) is 65.2 Å². The highest BCUT2D eigenvalue weighted by molar-refractivity contribution is 5.85. The Bertz CT molecular complexity index is 859. The molecule has 3 rings (SSSR count). The first-order valence-corrected chi connectivity index (χ1v) is 9.79. The number of aryl methyl sites for hydroxylation is 1. The molecule has 2 aromatic rings. The lowest BCUT2D eigenvalue weighted by atomic mass is 9.81. The smallest absolute Gasteiger partial charge is 0.308 e. The zero-order valence-corrected chi connectivity index (χ0v) is 16.8. The monoisotopic (exact) mass is 380 g/mol. The van der Waals surface area contributed by atoms with Gasteiger partial charge in [0.05, 0.1) is 12.7 Å². The summed E-state index contributed by atoms with van der Waals surface area (Å²) in [5.41, 5.74) is 2.82. The molecule has 2 aromatic carbocycles. The molecule has 0 radical (unpaired) electrons. The summed E-state index contributed by atoms with van der Waals surface area (Å²) in [6.45, 7) is 3.40. The Hall–Kier alpha value is -2.59. The van der Waals surface area contributed by atoms with Gasteiger partial charge in [0.2, 0.25) is 0 Å². The molecule has 4 nitrogen and oxygen atoms in total. The number of hydrogen-bond donors (Lipinski definition) is 1. The molecule has 1 fully saturated rings. The molecule has 1 aliphatic rings. The molecule has 0 heterocycles. The molecule has 0 unspecified atom stereocenters. The van der Waals surface area contributed by atoms with Gasteiger partial charge in [-0.05, 0) is 61.2 Å². The van der Waals surface area contributed by atoms with E-state index in [1.54, 1.807) is 7.11 Å². The van der Waals surface area contributed by atoms with Crippen molar-refractivity contribution in [3.8, 4) is 11.5 Å². The van der Waals surface area contributed by atoms with Gasteiger partial charge in [-0.3, -0.25) is 4.79 Å². The normalized spacial score (nSPS) is 16.5. The van der Waals surface area contributed by atoms with Gasteiger partial charge in [-0.15, -0.1) is 0 Å². The van der Waals surface area contributed by atoms with Crippen LogP contribution in [0.4, 0.5) is 0 Å². The van der Waals surface area contributed by atoms with E-state index in [1.165, 1.54) is 6.92 Å². The average molecular weight is 380 g/mol. The van der Waals surface area contributed by atoms with E-state index in [0.29, 0.717) is 5.75 Å². The SMILES string of the molecule is COc1ccc(/C(=C/C2(O)CCCCC2)c2cc(C)ccc2OC(C)=O)cc1. The average Bonchev–Trinajstić information content (AvgIpc) is 2.68. The maximum Gasteiger partial charge on any atom is 0.308 e. The van der Waals surface area contributed by atoms with Gasteiger partial charge in [0.1, 0.15) is 11.5 Å². The van der Waals surface area contributed by atoms with Crippen LogP contribution < -0.4 is 9.47 Å². The first-order chi connectivity index (χ1) is 13.4. The van der Waals surface area contributed by atoms with Crippen LogP contribution in [-0.2, 0) is 4.79 Å². The number of methoxy groups -OCH3 is 1. The van der Waals surface area contributed by atoms with E-state index >= 15 is 0 Å². The molecule has 0 spiro atoms. The van der Waals surface area contributed by atoms with Gasteiger partial charge < -0.3 is 14.6 Å². The van der Waals surface area contributed by atoms with Crippen LogP contribution in [0.1, 0.15) is 55.7 Å². The molecule has 0 atom stereocenters. The van der Waals surface area contributed by atoms with Crippen molar-refractivity contribution in [2.24, 2.45) is 0 Å². The Labute approximate surface area is 166 Å². The molecule has 1 aliphatic carbocycles. The molecular weight excluding hydrogens is 352 g/mol. The number of esters is 1. The number of hydrogen-bond acceptors (Lipinski definition) is 4. The van der Waals surface area contributed by atoms with Gasteiger partial charge in [-0.25, -0.2) is 0 Å². The van der Waals surface area contributed by atoms with Gasteiger partial charge in [0, 0.05) is 12.5 Å². The summed E-state index contributed by atoms with van der Waals surface area (Å²) >= 11 is 0. The third-order valence-electron chi connectivity index (χ3n) is 5.21. The molecular formula is C24H28O4. The summed E-state index contributed by atoms with van der Waals surface area (Å²) in [6, 6.07) is 13.5. The van der Waals surface area contributed by atoms with Crippen LogP contribution in [0.15, 0.2) is 48.5 Å². The van der Waals surface area contributed by atoms with Crippen molar-refractivity contribution < 1.29 is 19.4 Å². The summed E-state index contributed by atoms with van der Waals surface area (Å²) in [5.74, 6) is 0.902. The number of benzene rings is 2. The lowest BCUT2D eigenvalue weighted by Gasteiger charge is -2.30. The first-order valence-electron chi connectivity index (χ1n) is 9.79. The molecule has 1 N–H and O–H groups in total. The summed E-state index contributed by atoms with van der Waals surface area (Å²) < 4.78 is 10.8. The molecule has 0 aromatic heterocycles. The van der Waals surface area contributed by atoms with E-state index in [-0.39, 0.29) is 5.97 Å². The Morgan fingerprint density at radius 2 is 1.75 bits per heavy atom. The highest BCUT2D eigenvalue weighted by Gasteiger charge is 2.28. The fourth-order valence-corrected chi connectivity index (χ4v) is 3.76. The van der Waals surface area contributed by atoms with Gasteiger partial charge in [-0.2, -0.15) is 0 Å². The van der Waals surface area contributed by atoms with Crippen molar-refractivity contribution in [1.29, 1.82) is 0 Å². The second kappa shape index (κ2) is 8.61. The Morgan fingerprint density at radius 1 is 1.07 bits per heavy atom. The third kappa shape index (κ3) is 4.82. The van der Waals surface area contributed by atoms with Crippen LogP contribution in [-0.4, -0.2) is 23.8 Å². The van der Waals surface area contributed by atoms with Crippen LogP contribution in [0, 0.1) is 6.92 Å². The van der Waals surface area contributed by atoms with Crippen LogP contribution in [0.3, 0.4) is 0 Å². The molecule has 0 amide bonds. The Morgan fingerprint density at radius 3 is 2.36 bits per heavy atom. The predicted octanol–water partition coefficient (Wildman–Crippen LogP) is 5.06. The second-order valence-electron chi connectivity index (χ2n) is 7.54. The van der Waals surface area contributed by atoms with Crippen LogP contribution in [0.5, 0.6) is 11.5 Å². The quantitative estimate of drug-likeness (QED) is 0.582. The van der Waals surface area contributed by atoms with Crippen molar-refractivity contribution in [2.45, 2.75) is 51.6 Å². The van der Waals surface area contributed by atoms with Crippen molar-refractivity contribution >= 4 is 11.5 Å². The highest BCUT2D eigenvalue weighted by Crippen LogP contribution is 2.38. The van der Waals surface area contributed by atoms with Crippen molar-refractivity contribution in [3.63, 3.8) is 0 Å². The maximum absolute atomic E-state index is 11.6. The Balaban J connectivity index is 2.16. The number of carbonyl (C=O) groups is 1. The van der Waals surface area contributed by atoms with Crippen molar-refractivity contribution in [1.82, 2.24) is 0 Å². The first kappa shape index (κ1) is 20.2. The molecule has 0 saturated heterocycles. The largest absolute Gasteiger partial charge is 0.497 e. The van der Waals surface area contributed by atoms with Crippen molar-refractivity contribution in [2.75, 3.05) is 7.11 Å². The number of ether oxygens (including phenoxy) is 2. The number of rotatable bonds is 5. The lowest BCUT2D eigenvalue weighted by Crippen LogP contribution is -2.29. The molecule has 148 valence electrons. The predicted molar refractivity (Wildman–Crippen MR) is 111 cm³/mol. The minimum Gasteiger partial charge on any atom is -0.497 e. The second-order valence-corrected chi connectivity index (χ2v) is 7.54. The van der Waals surface area contributed by atoms with Gasteiger partial charge >= 0.3 is 5.97 Å². The highest BCUT2D eigenvalue weighted by atomic mass is 16.5. The van der Waals surface area contributed by atoms with Crippen LogP contribution in [0.2, 0.25) is 0 Å². The molecule has 0 bridgehead atoms. The van der Waals surface area contributed by atoms with E-state index in [2.05, 4.69) is 0 Å². The summed E-state index contributed by atoms with van der Waals surface area (Å²) in [5, 5.41) is 11.2. The number of carbonyl (C=O) groups excluding carboxylic acids is 1. The topological polar surface area (TPSA) is 55.8 Å². The fraction of sp³-hybridized carbons (Fsp3) is 0.375. The molecule has 4 heteroatoms. The van der Waals surface area contributed by atoms with E-state index in [1.807, 2.05) is 55.5 Å². The summed E-state index contributed by atoms with van der Waals surface area (Å²) in [4.78, 5) is 11.6. The van der Waals surface area contributed by atoms with Gasteiger partial charge in [-0.1, -0.05) is 43.0 Å². The van der Waals surface area contributed by atoms with E-state index < -0.39 is 5.60 Å². The van der Waals surface area contributed by atoms with E-state index in [9.17, 15) is 9.90 Å². The summed E-state index contributed by atoms with van der Waals surface area (Å²) in [6.07, 6.45) is 6.59. The molecule has 1 saturated carbocycles. The van der Waals surface area contributed by atoms with E-state index in [4.69, 9.17) is 9.47 Å². The third-order valence-corrected chi connectivity index (χ3v) is 5.21. The van der Waals surface area contributed by atoms with Crippen LogP contribution in [0.25, 0.3) is 5.57 Å². The molecule has 28 heavy (non-hydrogen) atoms. The molecule has 0 aliphatic heterocycles. The Kier molecular flexibility index (Phi) is 6.20. The number of aliphatic hydroxyl groups is 1. The fourth-order valence-electron chi connectivity index (χ4n) is 3.76. The standard InChI is InChI=1S/C24H28O4/c1-17-7-12-23(28-18(2)25)21(15-17)22(16-24(26)13-5-4-6-14-24)19-8-10-20(27-3)11-9-19/h7-12,15-16,26H,4-6,13-14H2,1-3H3/b22-16-. The zero-order chi connectivity index (χ0) is 20.1.